The summed E-state index contributed by atoms with van der Waals surface area (Å²) in [4.78, 5) is 27.2. The molecule has 0 atom stereocenters. The van der Waals surface area contributed by atoms with Crippen molar-refractivity contribution in [1.82, 2.24) is 20.5 Å². The number of nitrogens with one attached hydrogen (secondary N) is 2. The summed E-state index contributed by atoms with van der Waals surface area (Å²) in [6.07, 6.45) is 3.39. The maximum absolute atomic E-state index is 12.6. The summed E-state index contributed by atoms with van der Waals surface area (Å²) in [5.41, 5.74) is 1.23. The lowest BCUT2D eigenvalue weighted by molar-refractivity contribution is -0.131. The van der Waals surface area contributed by atoms with Gasteiger partial charge in [0.05, 0.1) is 6.54 Å². The molecule has 0 aliphatic carbocycles. The number of amides is 1. The molecule has 30 heavy (non-hydrogen) atoms. The Morgan fingerprint density at radius 3 is 2.57 bits per heavy atom. The Morgan fingerprint density at radius 2 is 1.90 bits per heavy atom. The van der Waals surface area contributed by atoms with E-state index in [1.54, 1.807) is 11.3 Å². The topological polar surface area (TPSA) is 72.9 Å². The molecule has 1 aliphatic heterocycles. The lowest BCUT2D eigenvalue weighted by Gasteiger charge is -2.36. The summed E-state index contributed by atoms with van der Waals surface area (Å²) >= 11 is 1.70. The third-order valence-corrected chi connectivity index (χ3v) is 6.18. The van der Waals surface area contributed by atoms with Crippen LogP contribution in [0.25, 0.3) is 0 Å². The summed E-state index contributed by atoms with van der Waals surface area (Å²) in [7, 11) is 0. The molecule has 1 saturated heterocycles. The van der Waals surface area contributed by atoms with Crippen molar-refractivity contribution in [2.75, 3.05) is 44.2 Å². The minimum Gasteiger partial charge on any atom is -0.368 e. The number of nitrogens with zero attached hydrogens (tertiary/aromatic N) is 4. The number of para-hydroxylation sites is 1. The van der Waals surface area contributed by atoms with Crippen molar-refractivity contribution >= 4 is 28.9 Å². The second-order valence-electron chi connectivity index (χ2n) is 7.15. The molecule has 2 aromatic rings. The molecule has 7 nitrogen and oxygen atoms in total. The van der Waals surface area contributed by atoms with Gasteiger partial charge in [-0.3, -0.25) is 4.79 Å². The van der Waals surface area contributed by atoms with Gasteiger partial charge >= 0.3 is 0 Å². The number of aryl methyl sites for hydroxylation is 1. The van der Waals surface area contributed by atoms with Gasteiger partial charge in [0.1, 0.15) is 5.01 Å². The first-order valence-electron chi connectivity index (χ1n) is 10.7. The molecule has 1 aromatic carbocycles. The summed E-state index contributed by atoms with van der Waals surface area (Å²) in [6.45, 7) is 9.35. The number of aliphatic imine (C=N–C) groups is 1. The SMILES string of the molecule is CCNC(=NCc1ncc(CC)s1)NCCC(=O)N1CCN(c2ccccc2)CC1. The molecule has 2 heterocycles. The first-order valence-corrected chi connectivity index (χ1v) is 11.5. The summed E-state index contributed by atoms with van der Waals surface area (Å²) < 4.78 is 0. The zero-order valence-corrected chi connectivity index (χ0v) is 18.7. The Hall–Kier alpha value is -2.61. The molecule has 0 unspecified atom stereocenters. The van der Waals surface area contributed by atoms with Gasteiger partial charge in [-0.05, 0) is 25.5 Å². The van der Waals surface area contributed by atoms with Crippen molar-refractivity contribution in [1.29, 1.82) is 0 Å². The highest BCUT2D eigenvalue weighted by molar-refractivity contribution is 7.11. The van der Waals surface area contributed by atoms with Crippen LogP contribution in [0.2, 0.25) is 0 Å². The maximum Gasteiger partial charge on any atom is 0.224 e. The molecule has 2 N–H and O–H groups in total. The largest absolute Gasteiger partial charge is 0.368 e. The highest BCUT2D eigenvalue weighted by Gasteiger charge is 2.20. The highest BCUT2D eigenvalue weighted by Crippen LogP contribution is 2.16. The molecule has 8 heteroatoms. The quantitative estimate of drug-likeness (QED) is 0.499. The Kier molecular flexibility index (Phi) is 8.50. The summed E-state index contributed by atoms with van der Waals surface area (Å²) in [6, 6.07) is 10.4. The molecule has 0 bridgehead atoms. The smallest absolute Gasteiger partial charge is 0.224 e. The standard InChI is InChI=1S/C22H32N6OS/c1-3-19-16-25-20(30-19)17-26-22(23-4-2)24-11-10-21(29)28-14-12-27(13-15-28)18-8-6-5-7-9-18/h5-9,16H,3-4,10-15,17H2,1-2H3,(H2,23,24,26). The molecule has 0 radical (unpaired) electrons. The van der Waals surface area contributed by atoms with Gasteiger partial charge in [-0.2, -0.15) is 0 Å². The minimum absolute atomic E-state index is 0.193. The third-order valence-electron chi connectivity index (χ3n) is 5.05. The molecule has 0 spiro atoms. The van der Waals surface area contributed by atoms with E-state index in [1.165, 1.54) is 10.6 Å². The Balaban J connectivity index is 1.41. The Morgan fingerprint density at radius 1 is 1.13 bits per heavy atom. The van der Waals surface area contributed by atoms with E-state index in [4.69, 9.17) is 0 Å². The number of hydrogen-bond acceptors (Lipinski definition) is 5. The number of thiazole rings is 1. The fourth-order valence-electron chi connectivity index (χ4n) is 3.37. The van der Waals surface area contributed by atoms with E-state index in [1.807, 2.05) is 24.1 Å². The number of hydrogen-bond donors (Lipinski definition) is 2. The van der Waals surface area contributed by atoms with Crippen LogP contribution in [0.3, 0.4) is 0 Å². The second-order valence-corrected chi connectivity index (χ2v) is 8.35. The monoisotopic (exact) mass is 428 g/mol. The van der Waals surface area contributed by atoms with Gasteiger partial charge in [0, 0.05) is 62.5 Å². The van der Waals surface area contributed by atoms with Crippen LogP contribution in [0.15, 0.2) is 41.5 Å². The molecule has 3 rings (SSSR count). The van der Waals surface area contributed by atoms with Crippen molar-refractivity contribution in [3.05, 3.63) is 46.4 Å². The van der Waals surface area contributed by atoms with Gasteiger partial charge in [0.15, 0.2) is 5.96 Å². The Labute approximate surface area is 183 Å². The lowest BCUT2D eigenvalue weighted by atomic mass is 10.2. The fourth-order valence-corrected chi connectivity index (χ4v) is 4.16. The molecule has 1 aromatic heterocycles. The van der Waals surface area contributed by atoms with Crippen LogP contribution in [0, 0.1) is 0 Å². The average Bonchev–Trinajstić information content (AvgIpc) is 3.26. The minimum atomic E-state index is 0.193. The van der Waals surface area contributed by atoms with Crippen LogP contribution in [0.1, 0.15) is 30.2 Å². The lowest BCUT2D eigenvalue weighted by Crippen LogP contribution is -2.49. The summed E-state index contributed by atoms with van der Waals surface area (Å²) in [5.74, 6) is 0.922. The van der Waals surface area contributed by atoms with Gasteiger partial charge < -0.3 is 20.4 Å². The molecule has 1 aliphatic rings. The highest BCUT2D eigenvalue weighted by atomic mass is 32.1. The van der Waals surface area contributed by atoms with Gasteiger partial charge in [-0.25, -0.2) is 9.98 Å². The predicted octanol–water partition coefficient (Wildman–Crippen LogP) is 2.50. The number of guanidine groups is 1. The fraction of sp³-hybridized carbons (Fsp3) is 0.500. The number of carbonyl (C=O) groups is 1. The van der Waals surface area contributed by atoms with Gasteiger partial charge in [-0.15, -0.1) is 11.3 Å². The first kappa shape index (κ1) is 22.1. The van der Waals surface area contributed by atoms with Crippen molar-refractivity contribution in [2.24, 2.45) is 4.99 Å². The van der Waals surface area contributed by atoms with Crippen LogP contribution < -0.4 is 15.5 Å². The Bertz CT molecular complexity index is 814. The second kappa shape index (κ2) is 11.5. The van der Waals surface area contributed by atoms with Crippen molar-refractivity contribution < 1.29 is 4.79 Å². The van der Waals surface area contributed by atoms with E-state index in [0.717, 1.165) is 50.1 Å². The van der Waals surface area contributed by atoms with Crippen molar-refractivity contribution in [2.45, 2.75) is 33.2 Å². The number of benzene rings is 1. The van der Waals surface area contributed by atoms with E-state index in [2.05, 4.69) is 56.7 Å². The number of anilines is 1. The molecular formula is C22H32N6OS. The molecule has 1 fully saturated rings. The number of rotatable bonds is 8. The average molecular weight is 429 g/mol. The zero-order valence-electron chi connectivity index (χ0n) is 17.9. The molecule has 1 amide bonds. The number of carbonyl (C=O) groups excluding carboxylic acids is 1. The van der Waals surface area contributed by atoms with E-state index in [9.17, 15) is 4.79 Å². The van der Waals surface area contributed by atoms with Crippen LogP contribution in [-0.4, -0.2) is 61.0 Å². The van der Waals surface area contributed by atoms with Gasteiger partial charge in [0.2, 0.25) is 5.91 Å². The van der Waals surface area contributed by atoms with E-state index >= 15 is 0 Å². The van der Waals surface area contributed by atoms with E-state index in [0.29, 0.717) is 19.5 Å². The van der Waals surface area contributed by atoms with Crippen LogP contribution in [0.5, 0.6) is 0 Å². The van der Waals surface area contributed by atoms with Gasteiger partial charge in [-0.1, -0.05) is 25.1 Å². The predicted molar refractivity (Wildman–Crippen MR) is 124 cm³/mol. The zero-order chi connectivity index (χ0) is 21.2. The van der Waals surface area contributed by atoms with Crippen LogP contribution in [0.4, 0.5) is 5.69 Å². The number of piperazine rings is 1. The van der Waals surface area contributed by atoms with Crippen molar-refractivity contribution in [3.8, 4) is 0 Å². The molecule has 0 saturated carbocycles. The maximum atomic E-state index is 12.6. The van der Waals surface area contributed by atoms with E-state index < -0.39 is 0 Å². The first-order chi connectivity index (χ1) is 14.7. The normalized spacial score (nSPS) is 14.7. The molecule has 162 valence electrons. The van der Waals surface area contributed by atoms with Crippen LogP contribution in [-0.2, 0) is 17.8 Å². The van der Waals surface area contributed by atoms with Gasteiger partial charge in [0.25, 0.3) is 0 Å². The van der Waals surface area contributed by atoms with E-state index in [-0.39, 0.29) is 5.91 Å². The van der Waals surface area contributed by atoms with Crippen molar-refractivity contribution in [3.63, 3.8) is 0 Å². The summed E-state index contributed by atoms with van der Waals surface area (Å²) in [5, 5.41) is 7.52. The molecular weight excluding hydrogens is 396 g/mol. The third kappa shape index (κ3) is 6.45. The van der Waals surface area contributed by atoms with Crippen LogP contribution >= 0.6 is 11.3 Å². The number of aromatic nitrogens is 1.